The van der Waals surface area contributed by atoms with Crippen LogP contribution >= 0.6 is 0 Å². The van der Waals surface area contributed by atoms with Crippen molar-refractivity contribution in [1.82, 2.24) is 10.6 Å². The lowest BCUT2D eigenvalue weighted by Crippen LogP contribution is -2.37. The summed E-state index contributed by atoms with van der Waals surface area (Å²) in [6, 6.07) is 41.9. The first-order valence-corrected chi connectivity index (χ1v) is 12.0. The van der Waals surface area contributed by atoms with Crippen molar-refractivity contribution in [3.8, 4) is 0 Å². The van der Waals surface area contributed by atoms with Gasteiger partial charge < -0.3 is 10.6 Å². The first-order chi connectivity index (χ1) is 16.8. The number of hydrogen-bond acceptors (Lipinski definition) is 1. The summed E-state index contributed by atoms with van der Waals surface area (Å²) in [4.78, 5) is 12.5. The number of amides is 2. The van der Waals surface area contributed by atoms with E-state index in [0.29, 0.717) is 13.1 Å². The third-order valence-electron chi connectivity index (χ3n) is 6.24. The van der Waals surface area contributed by atoms with Crippen LogP contribution in [0.15, 0.2) is 121 Å². The average Bonchev–Trinajstić information content (AvgIpc) is 2.91. The molecule has 4 aromatic rings. The largest absolute Gasteiger partial charge is 0.338 e. The van der Waals surface area contributed by atoms with Gasteiger partial charge >= 0.3 is 6.03 Å². The number of hydrogen-bond donors (Lipinski definition) is 2. The van der Waals surface area contributed by atoms with Crippen molar-refractivity contribution >= 4 is 6.03 Å². The summed E-state index contributed by atoms with van der Waals surface area (Å²) >= 11 is 0. The van der Waals surface area contributed by atoms with Gasteiger partial charge in [-0.1, -0.05) is 121 Å². The zero-order valence-electron chi connectivity index (χ0n) is 19.4. The number of nitrogens with one attached hydrogen (secondary N) is 2. The van der Waals surface area contributed by atoms with Crippen LogP contribution < -0.4 is 10.6 Å². The second-order valence-corrected chi connectivity index (χ2v) is 8.51. The van der Waals surface area contributed by atoms with E-state index in [1.807, 2.05) is 24.3 Å². The van der Waals surface area contributed by atoms with Gasteiger partial charge in [-0.3, -0.25) is 0 Å². The maximum absolute atomic E-state index is 12.5. The molecule has 0 radical (unpaired) electrons. The molecule has 0 aliphatic carbocycles. The summed E-state index contributed by atoms with van der Waals surface area (Å²) in [6.07, 6.45) is 1.69. The van der Waals surface area contributed by atoms with E-state index >= 15 is 0 Å². The first-order valence-electron chi connectivity index (χ1n) is 12.0. The van der Waals surface area contributed by atoms with Crippen LogP contribution in [0.4, 0.5) is 4.79 Å². The molecule has 0 aliphatic heterocycles. The summed E-state index contributed by atoms with van der Waals surface area (Å²) in [5.41, 5.74) is 5.07. The van der Waals surface area contributed by atoms with E-state index in [9.17, 15) is 4.79 Å². The van der Waals surface area contributed by atoms with Crippen LogP contribution in [0.25, 0.3) is 0 Å². The molecule has 0 aliphatic rings. The molecule has 3 nitrogen and oxygen atoms in total. The molecule has 0 aromatic heterocycles. The number of urea groups is 1. The molecule has 172 valence electrons. The van der Waals surface area contributed by atoms with Crippen LogP contribution in [-0.2, 0) is 0 Å². The monoisotopic (exact) mass is 448 g/mol. The summed E-state index contributed by atoms with van der Waals surface area (Å²) in [5.74, 6) is 0.506. The zero-order valence-corrected chi connectivity index (χ0v) is 19.4. The number of benzene rings is 4. The summed E-state index contributed by atoms with van der Waals surface area (Å²) < 4.78 is 0. The van der Waals surface area contributed by atoms with Gasteiger partial charge in [-0.25, -0.2) is 4.79 Å². The zero-order chi connectivity index (χ0) is 23.4. The van der Waals surface area contributed by atoms with Crippen molar-refractivity contribution in [1.29, 1.82) is 0 Å². The Balaban J connectivity index is 1.30. The molecule has 2 amide bonds. The average molecular weight is 449 g/mol. The van der Waals surface area contributed by atoms with Gasteiger partial charge in [-0.2, -0.15) is 0 Å². The Morgan fingerprint density at radius 2 is 0.735 bits per heavy atom. The Bertz CT molecular complexity index is 945. The minimum Gasteiger partial charge on any atom is -0.338 e. The standard InChI is InChI=1S/C31H32N2O/c34-31(32-23-21-29(25-13-5-1-6-14-25)26-15-7-2-8-16-26)33-24-22-30(27-17-9-3-10-18-27)28-19-11-4-12-20-28/h1-20,29-30H,21-24H2,(H2,32,33,34). The highest BCUT2D eigenvalue weighted by atomic mass is 16.2. The van der Waals surface area contributed by atoms with Crippen molar-refractivity contribution in [2.75, 3.05) is 13.1 Å². The fraction of sp³-hybridized carbons (Fsp3) is 0.194. The fourth-order valence-corrected chi connectivity index (χ4v) is 4.52. The molecule has 0 atom stereocenters. The number of carbonyl (C=O) groups excluding carboxylic acids is 1. The maximum atomic E-state index is 12.5. The van der Waals surface area contributed by atoms with Crippen molar-refractivity contribution in [3.05, 3.63) is 144 Å². The Morgan fingerprint density at radius 1 is 0.471 bits per heavy atom. The highest BCUT2D eigenvalue weighted by molar-refractivity contribution is 5.73. The lowest BCUT2D eigenvalue weighted by atomic mass is 9.88. The molecule has 0 fully saturated rings. The van der Waals surface area contributed by atoms with Crippen LogP contribution in [0.2, 0.25) is 0 Å². The second kappa shape index (κ2) is 12.4. The van der Waals surface area contributed by atoms with Crippen molar-refractivity contribution in [2.45, 2.75) is 24.7 Å². The Kier molecular flexibility index (Phi) is 8.51. The topological polar surface area (TPSA) is 41.1 Å². The van der Waals surface area contributed by atoms with Crippen LogP contribution in [0.5, 0.6) is 0 Å². The van der Waals surface area contributed by atoms with Gasteiger partial charge in [0.1, 0.15) is 0 Å². The van der Waals surface area contributed by atoms with E-state index in [0.717, 1.165) is 12.8 Å². The highest BCUT2D eigenvalue weighted by Gasteiger charge is 2.16. The quantitative estimate of drug-likeness (QED) is 0.277. The van der Waals surface area contributed by atoms with Gasteiger partial charge in [-0.15, -0.1) is 0 Å². The van der Waals surface area contributed by atoms with Crippen LogP contribution in [0.3, 0.4) is 0 Å². The molecule has 0 unspecified atom stereocenters. The van der Waals surface area contributed by atoms with Gasteiger partial charge in [0, 0.05) is 24.9 Å². The van der Waals surface area contributed by atoms with Crippen LogP contribution in [0.1, 0.15) is 46.9 Å². The van der Waals surface area contributed by atoms with Crippen LogP contribution in [0, 0.1) is 0 Å². The molecular weight excluding hydrogens is 416 g/mol. The molecule has 0 saturated carbocycles. The van der Waals surface area contributed by atoms with E-state index in [2.05, 4.69) is 108 Å². The molecule has 0 saturated heterocycles. The molecule has 4 aromatic carbocycles. The lowest BCUT2D eigenvalue weighted by Gasteiger charge is -2.20. The van der Waals surface area contributed by atoms with Crippen molar-refractivity contribution in [2.24, 2.45) is 0 Å². The van der Waals surface area contributed by atoms with Crippen LogP contribution in [-0.4, -0.2) is 19.1 Å². The van der Waals surface area contributed by atoms with Gasteiger partial charge in [0.15, 0.2) is 0 Å². The summed E-state index contributed by atoms with van der Waals surface area (Å²) in [7, 11) is 0. The molecule has 2 N–H and O–H groups in total. The van der Waals surface area contributed by atoms with Gasteiger partial charge in [0.2, 0.25) is 0 Å². The maximum Gasteiger partial charge on any atom is 0.314 e. The first kappa shape index (κ1) is 23.3. The van der Waals surface area contributed by atoms with Gasteiger partial charge in [-0.05, 0) is 35.1 Å². The third-order valence-corrected chi connectivity index (χ3v) is 6.24. The van der Waals surface area contributed by atoms with Crippen molar-refractivity contribution in [3.63, 3.8) is 0 Å². The molecule has 3 heteroatoms. The molecule has 34 heavy (non-hydrogen) atoms. The van der Waals surface area contributed by atoms with Gasteiger partial charge in [0.05, 0.1) is 0 Å². The lowest BCUT2D eigenvalue weighted by molar-refractivity contribution is 0.240. The SMILES string of the molecule is O=C(NCCC(c1ccccc1)c1ccccc1)NCCC(c1ccccc1)c1ccccc1. The van der Waals surface area contributed by atoms with E-state index in [-0.39, 0.29) is 17.9 Å². The molecule has 0 spiro atoms. The Morgan fingerprint density at radius 3 is 1.00 bits per heavy atom. The van der Waals surface area contributed by atoms with E-state index < -0.39 is 0 Å². The molecular formula is C31H32N2O. The fourth-order valence-electron chi connectivity index (χ4n) is 4.52. The Hall–Kier alpha value is -3.85. The van der Waals surface area contributed by atoms with E-state index in [1.54, 1.807) is 0 Å². The van der Waals surface area contributed by atoms with Gasteiger partial charge in [0.25, 0.3) is 0 Å². The molecule has 0 bridgehead atoms. The summed E-state index contributed by atoms with van der Waals surface area (Å²) in [5, 5.41) is 6.11. The highest BCUT2D eigenvalue weighted by Crippen LogP contribution is 2.28. The normalized spacial score (nSPS) is 10.9. The second-order valence-electron chi connectivity index (χ2n) is 8.51. The minimum atomic E-state index is -0.111. The third kappa shape index (κ3) is 6.58. The molecule has 4 rings (SSSR count). The van der Waals surface area contributed by atoms with E-state index in [1.165, 1.54) is 22.3 Å². The van der Waals surface area contributed by atoms with E-state index in [4.69, 9.17) is 0 Å². The summed E-state index contributed by atoms with van der Waals surface area (Å²) in [6.45, 7) is 1.22. The van der Waals surface area contributed by atoms with Crippen molar-refractivity contribution < 1.29 is 4.79 Å². The smallest absolute Gasteiger partial charge is 0.314 e. The molecule has 0 heterocycles. The minimum absolute atomic E-state index is 0.111. The number of rotatable bonds is 10. The predicted molar refractivity (Wildman–Crippen MR) is 140 cm³/mol. The Labute approximate surface area is 202 Å². The number of carbonyl (C=O) groups is 1. The predicted octanol–water partition coefficient (Wildman–Crippen LogP) is 6.73.